The van der Waals surface area contributed by atoms with Gasteiger partial charge in [-0.2, -0.15) is 0 Å². The maximum absolute atomic E-state index is 13.1. The van der Waals surface area contributed by atoms with Gasteiger partial charge in [-0.05, 0) is 43.4 Å². The van der Waals surface area contributed by atoms with Crippen LogP contribution < -0.4 is 0 Å². The molecule has 0 saturated heterocycles. The predicted octanol–water partition coefficient (Wildman–Crippen LogP) is 21.0. The van der Waals surface area contributed by atoms with Gasteiger partial charge in [-0.3, -0.25) is 37.3 Å². The normalized spacial score (nSPS) is 14.1. The zero-order valence-electron chi connectivity index (χ0n) is 60.0. The van der Waals surface area contributed by atoms with Gasteiger partial charge >= 0.3 is 39.5 Å². The second-order valence-electron chi connectivity index (χ2n) is 27.8. The molecule has 0 aliphatic rings. The summed E-state index contributed by atoms with van der Waals surface area (Å²) in [6.45, 7) is 11.8. The molecule has 19 heteroatoms. The summed E-state index contributed by atoms with van der Waals surface area (Å²) >= 11 is 0. The number of rotatable bonds is 71. The van der Waals surface area contributed by atoms with Gasteiger partial charge in [-0.1, -0.05) is 318 Å². The van der Waals surface area contributed by atoms with Crippen LogP contribution >= 0.6 is 15.6 Å². The van der Waals surface area contributed by atoms with Gasteiger partial charge in [0.05, 0.1) is 26.4 Å². The summed E-state index contributed by atoms with van der Waals surface area (Å²) in [4.78, 5) is 72.6. The smallest absolute Gasteiger partial charge is 0.462 e. The average Bonchev–Trinajstić information content (AvgIpc) is 3.63. The minimum atomic E-state index is -4.95. The molecule has 17 nitrogen and oxygen atoms in total. The molecular weight excluding hydrogens is 1210 g/mol. The maximum atomic E-state index is 13.1. The van der Waals surface area contributed by atoms with Crippen molar-refractivity contribution in [1.82, 2.24) is 0 Å². The van der Waals surface area contributed by atoms with Crippen LogP contribution in [-0.2, 0) is 65.4 Å². The first-order valence-electron chi connectivity index (χ1n) is 37.8. The zero-order chi connectivity index (χ0) is 68.0. The predicted molar refractivity (Wildman–Crippen MR) is 372 cm³/mol. The molecule has 0 spiro atoms. The Morgan fingerprint density at radius 2 is 0.500 bits per heavy atom. The van der Waals surface area contributed by atoms with Gasteiger partial charge < -0.3 is 33.8 Å². The van der Waals surface area contributed by atoms with Gasteiger partial charge in [0.2, 0.25) is 0 Å². The summed E-state index contributed by atoms with van der Waals surface area (Å²) in [5.74, 6) is 0.0586. The monoisotopic (exact) mass is 1350 g/mol. The van der Waals surface area contributed by atoms with Crippen LogP contribution in [0.3, 0.4) is 0 Å². The van der Waals surface area contributed by atoms with E-state index in [0.29, 0.717) is 37.5 Å². The molecule has 0 aromatic heterocycles. The van der Waals surface area contributed by atoms with E-state index in [9.17, 15) is 43.2 Å². The first-order valence-corrected chi connectivity index (χ1v) is 40.8. The molecule has 0 saturated carbocycles. The van der Waals surface area contributed by atoms with Gasteiger partial charge in [0.25, 0.3) is 0 Å². The third-order valence-corrected chi connectivity index (χ3v) is 18.8. The Balaban J connectivity index is 5.21. The summed E-state index contributed by atoms with van der Waals surface area (Å²) in [6.07, 6.45) is 48.9. The van der Waals surface area contributed by atoms with Crippen molar-refractivity contribution in [1.29, 1.82) is 0 Å². The highest BCUT2D eigenvalue weighted by Crippen LogP contribution is 2.45. The Kier molecular flexibility index (Phi) is 62.4. The standard InChI is InChI=1S/C73H142O17P2/c1-8-9-10-11-12-13-14-15-21-24-27-32-40-47-54-70(75)83-60-68(89-72(77)56-49-42-33-28-25-22-19-17-16-18-20-23-26-30-37-44-51-64(2)3)62-87-91(79,80)85-58-67(74)59-86-92(81,82)88-63-69(61-84-71(76)55-48-41-36-35-39-46-53-66(6)7)90-73(78)57-50-43-34-29-31-38-45-52-65(4)5/h64-69,74H,8-63H2,1-7H3,(H,79,80)(H,81,82)/t67-,68-,69-/m1/s1. The number of carbonyl (C=O) groups is 4. The molecule has 0 aliphatic heterocycles. The second kappa shape index (κ2) is 63.8. The molecule has 92 heavy (non-hydrogen) atoms. The van der Waals surface area contributed by atoms with E-state index in [2.05, 4.69) is 48.5 Å². The average molecular weight is 1350 g/mol. The fraction of sp³-hybridized carbons (Fsp3) is 0.945. The molecule has 546 valence electrons. The van der Waals surface area contributed by atoms with Crippen LogP contribution in [0.1, 0.15) is 370 Å². The second-order valence-corrected chi connectivity index (χ2v) is 30.7. The van der Waals surface area contributed by atoms with Crippen LogP contribution in [-0.4, -0.2) is 96.7 Å². The Morgan fingerprint density at radius 3 is 0.739 bits per heavy atom. The summed E-state index contributed by atoms with van der Waals surface area (Å²) in [5, 5.41) is 10.6. The van der Waals surface area contributed by atoms with E-state index in [0.717, 1.165) is 102 Å². The van der Waals surface area contributed by atoms with Gasteiger partial charge in [0, 0.05) is 25.7 Å². The van der Waals surface area contributed by atoms with Crippen LogP contribution in [0.4, 0.5) is 0 Å². The van der Waals surface area contributed by atoms with E-state index in [4.69, 9.17) is 37.0 Å². The highest BCUT2D eigenvalue weighted by Gasteiger charge is 2.30. The lowest BCUT2D eigenvalue weighted by Gasteiger charge is -2.21. The zero-order valence-corrected chi connectivity index (χ0v) is 61.8. The van der Waals surface area contributed by atoms with E-state index >= 15 is 0 Å². The molecule has 0 aromatic rings. The largest absolute Gasteiger partial charge is 0.472 e. The molecule has 0 radical (unpaired) electrons. The number of hydrogen-bond acceptors (Lipinski definition) is 15. The molecule has 0 rings (SSSR count). The van der Waals surface area contributed by atoms with Crippen LogP contribution in [0, 0.1) is 17.8 Å². The van der Waals surface area contributed by atoms with Crippen molar-refractivity contribution in [3.05, 3.63) is 0 Å². The Labute approximate surface area is 562 Å². The first-order chi connectivity index (χ1) is 44.2. The summed E-state index contributed by atoms with van der Waals surface area (Å²) in [6, 6.07) is 0. The topological polar surface area (TPSA) is 237 Å². The number of unbranched alkanes of at least 4 members (excludes halogenated alkanes) is 39. The molecule has 0 fully saturated rings. The van der Waals surface area contributed by atoms with Gasteiger partial charge in [-0.15, -0.1) is 0 Å². The van der Waals surface area contributed by atoms with Gasteiger partial charge in [0.1, 0.15) is 19.3 Å². The molecule has 0 amide bonds. The summed E-state index contributed by atoms with van der Waals surface area (Å²) in [5.41, 5.74) is 0. The van der Waals surface area contributed by atoms with E-state index in [1.165, 1.54) is 173 Å². The number of esters is 4. The lowest BCUT2D eigenvalue weighted by molar-refractivity contribution is -0.161. The molecule has 0 aromatic carbocycles. The number of phosphoric acid groups is 2. The Hall–Kier alpha value is -1.94. The van der Waals surface area contributed by atoms with E-state index in [1.807, 2.05) is 0 Å². The number of carbonyl (C=O) groups excluding carboxylic acids is 4. The fourth-order valence-corrected chi connectivity index (χ4v) is 12.7. The van der Waals surface area contributed by atoms with E-state index in [1.54, 1.807) is 0 Å². The quantitative estimate of drug-likeness (QED) is 0.0222. The van der Waals surface area contributed by atoms with Gasteiger partial charge in [0.15, 0.2) is 12.2 Å². The van der Waals surface area contributed by atoms with Crippen molar-refractivity contribution in [2.24, 2.45) is 17.8 Å². The van der Waals surface area contributed by atoms with E-state index < -0.39 is 97.5 Å². The lowest BCUT2D eigenvalue weighted by Crippen LogP contribution is -2.30. The van der Waals surface area contributed by atoms with Crippen LogP contribution in [0.15, 0.2) is 0 Å². The number of phosphoric ester groups is 2. The van der Waals surface area contributed by atoms with Crippen molar-refractivity contribution < 1.29 is 80.2 Å². The molecular formula is C73H142O17P2. The van der Waals surface area contributed by atoms with Crippen molar-refractivity contribution in [3.63, 3.8) is 0 Å². The maximum Gasteiger partial charge on any atom is 0.472 e. The molecule has 5 atom stereocenters. The number of ether oxygens (including phenoxy) is 4. The van der Waals surface area contributed by atoms with Crippen LogP contribution in [0.25, 0.3) is 0 Å². The minimum absolute atomic E-state index is 0.102. The van der Waals surface area contributed by atoms with Crippen molar-refractivity contribution in [2.75, 3.05) is 39.6 Å². The SMILES string of the molecule is CCCCCCCCCCCCCCCCC(=O)OC[C@H](COP(=O)(O)OC[C@@H](O)COP(=O)(O)OC[C@@H](COC(=O)CCCCCCCCC(C)C)OC(=O)CCCCCCCCCC(C)C)OC(=O)CCCCCCCCCCCCCCCCCCC(C)C. The Bertz CT molecular complexity index is 1800. The molecule has 3 N–H and O–H groups in total. The van der Waals surface area contributed by atoms with Gasteiger partial charge in [-0.25, -0.2) is 9.13 Å². The molecule has 0 aliphatic carbocycles. The van der Waals surface area contributed by atoms with Crippen molar-refractivity contribution >= 4 is 39.5 Å². The molecule has 0 heterocycles. The fourth-order valence-electron chi connectivity index (χ4n) is 11.1. The number of aliphatic hydroxyl groups is 1. The highest BCUT2D eigenvalue weighted by atomic mass is 31.2. The van der Waals surface area contributed by atoms with Crippen LogP contribution in [0.2, 0.25) is 0 Å². The van der Waals surface area contributed by atoms with Crippen molar-refractivity contribution in [3.8, 4) is 0 Å². The highest BCUT2D eigenvalue weighted by molar-refractivity contribution is 7.47. The molecule has 2 unspecified atom stereocenters. The first kappa shape index (κ1) is 90.1. The lowest BCUT2D eigenvalue weighted by atomic mass is 10.0. The summed E-state index contributed by atoms with van der Waals surface area (Å²) < 4.78 is 68.3. The third kappa shape index (κ3) is 66.7. The van der Waals surface area contributed by atoms with Crippen molar-refractivity contribution in [2.45, 2.75) is 388 Å². The minimum Gasteiger partial charge on any atom is -0.462 e. The summed E-state index contributed by atoms with van der Waals surface area (Å²) in [7, 11) is -9.90. The molecule has 0 bridgehead atoms. The van der Waals surface area contributed by atoms with E-state index in [-0.39, 0.29) is 25.7 Å². The third-order valence-electron chi connectivity index (χ3n) is 16.9. The van der Waals surface area contributed by atoms with Crippen LogP contribution in [0.5, 0.6) is 0 Å². The number of hydrogen-bond donors (Lipinski definition) is 3. The number of aliphatic hydroxyl groups excluding tert-OH is 1. The Morgan fingerprint density at radius 1 is 0.293 bits per heavy atom.